The van der Waals surface area contributed by atoms with Gasteiger partial charge in [-0.05, 0) is 24.3 Å². The lowest BCUT2D eigenvalue weighted by molar-refractivity contribution is 0.102. The number of rotatable bonds is 3. The molecule has 0 aliphatic carbocycles. The standard InChI is InChI=1S/C12H10Cl2N2O3S/c1-20(18,19)8-4-2-3-7(5-8)15-12(17)10-6-9(13)11(14)16-10/h2-6,16H,1H3,(H,15,17). The van der Waals surface area contributed by atoms with Crippen LogP contribution in [0.5, 0.6) is 0 Å². The van der Waals surface area contributed by atoms with Crippen molar-refractivity contribution in [1.82, 2.24) is 4.98 Å². The van der Waals surface area contributed by atoms with Crippen LogP contribution in [-0.4, -0.2) is 25.6 Å². The lowest BCUT2D eigenvalue weighted by Gasteiger charge is -2.05. The molecule has 0 bridgehead atoms. The Balaban J connectivity index is 2.24. The van der Waals surface area contributed by atoms with Gasteiger partial charge in [0, 0.05) is 11.9 Å². The lowest BCUT2D eigenvalue weighted by atomic mass is 10.3. The van der Waals surface area contributed by atoms with E-state index in [2.05, 4.69) is 10.3 Å². The summed E-state index contributed by atoms with van der Waals surface area (Å²) in [5, 5.41) is 2.97. The third kappa shape index (κ3) is 3.33. The lowest BCUT2D eigenvalue weighted by Crippen LogP contribution is -2.12. The van der Waals surface area contributed by atoms with Gasteiger partial charge in [-0.3, -0.25) is 4.79 Å². The fraction of sp³-hybridized carbons (Fsp3) is 0.0833. The number of aromatic amines is 1. The molecule has 0 unspecified atom stereocenters. The number of amides is 1. The molecule has 0 saturated heterocycles. The highest BCUT2D eigenvalue weighted by molar-refractivity contribution is 7.90. The van der Waals surface area contributed by atoms with Crippen molar-refractivity contribution in [2.24, 2.45) is 0 Å². The molecule has 106 valence electrons. The first-order valence-electron chi connectivity index (χ1n) is 5.43. The first-order valence-corrected chi connectivity index (χ1v) is 8.07. The van der Waals surface area contributed by atoms with Gasteiger partial charge in [0.1, 0.15) is 10.8 Å². The molecule has 8 heteroatoms. The monoisotopic (exact) mass is 332 g/mol. The van der Waals surface area contributed by atoms with Crippen LogP contribution in [0.3, 0.4) is 0 Å². The molecule has 0 aliphatic heterocycles. The largest absolute Gasteiger partial charge is 0.340 e. The first-order chi connectivity index (χ1) is 9.27. The Morgan fingerprint density at radius 1 is 1.25 bits per heavy atom. The first kappa shape index (κ1) is 14.9. The van der Waals surface area contributed by atoms with Gasteiger partial charge in [0.05, 0.1) is 9.92 Å². The Morgan fingerprint density at radius 2 is 1.95 bits per heavy atom. The molecule has 0 spiro atoms. The van der Waals surface area contributed by atoms with Crippen LogP contribution in [0.1, 0.15) is 10.5 Å². The zero-order chi connectivity index (χ0) is 14.9. The minimum absolute atomic E-state index is 0.123. The maximum atomic E-state index is 11.9. The molecule has 2 N–H and O–H groups in total. The molecule has 2 rings (SSSR count). The van der Waals surface area contributed by atoms with Gasteiger partial charge in [0.25, 0.3) is 5.91 Å². The number of carbonyl (C=O) groups is 1. The van der Waals surface area contributed by atoms with Crippen molar-refractivity contribution in [3.05, 3.63) is 46.2 Å². The van der Waals surface area contributed by atoms with Crippen molar-refractivity contribution in [2.75, 3.05) is 11.6 Å². The van der Waals surface area contributed by atoms with E-state index in [-0.39, 0.29) is 20.8 Å². The Hall–Kier alpha value is -1.50. The molecule has 1 aromatic carbocycles. The summed E-state index contributed by atoms with van der Waals surface area (Å²) in [5.74, 6) is -0.468. The Labute approximate surface area is 125 Å². The summed E-state index contributed by atoms with van der Waals surface area (Å²) in [6, 6.07) is 7.34. The van der Waals surface area contributed by atoms with Crippen LogP contribution in [-0.2, 0) is 9.84 Å². The number of benzene rings is 1. The second kappa shape index (κ2) is 5.47. The van der Waals surface area contributed by atoms with Crippen molar-refractivity contribution < 1.29 is 13.2 Å². The summed E-state index contributed by atoms with van der Waals surface area (Å²) in [5.41, 5.74) is 0.546. The highest BCUT2D eigenvalue weighted by Gasteiger charge is 2.13. The average Bonchev–Trinajstić information content (AvgIpc) is 2.69. The minimum Gasteiger partial charge on any atom is -0.340 e. The van der Waals surface area contributed by atoms with Crippen LogP contribution in [0.2, 0.25) is 10.2 Å². The van der Waals surface area contributed by atoms with Crippen LogP contribution >= 0.6 is 23.2 Å². The molecule has 0 aliphatic rings. The zero-order valence-corrected chi connectivity index (χ0v) is 12.6. The Morgan fingerprint density at radius 3 is 2.50 bits per heavy atom. The van der Waals surface area contributed by atoms with Crippen LogP contribution in [0.15, 0.2) is 35.2 Å². The molecule has 5 nitrogen and oxygen atoms in total. The molecular weight excluding hydrogens is 323 g/mol. The summed E-state index contributed by atoms with van der Waals surface area (Å²) in [4.78, 5) is 14.7. The summed E-state index contributed by atoms with van der Waals surface area (Å²) in [6.07, 6.45) is 1.10. The predicted octanol–water partition coefficient (Wildman–Crippen LogP) is 2.98. The number of aromatic nitrogens is 1. The SMILES string of the molecule is CS(=O)(=O)c1cccc(NC(=O)c2cc(Cl)c(Cl)[nH]2)c1. The fourth-order valence-electron chi connectivity index (χ4n) is 1.53. The third-order valence-electron chi connectivity index (χ3n) is 2.49. The normalized spacial score (nSPS) is 11.3. The van der Waals surface area contributed by atoms with E-state index in [1.165, 1.54) is 18.2 Å². The molecule has 0 radical (unpaired) electrons. The van der Waals surface area contributed by atoms with Crippen molar-refractivity contribution in [3.63, 3.8) is 0 Å². The summed E-state index contributed by atoms with van der Waals surface area (Å²) < 4.78 is 22.9. The average molecular weight is 333 g/mol. The Bertz CT molecular complexity index is 749. The van der Waals surface area contributed by atoms with Crippen LogP contribution in [0, 0.1) is 0 Å². The van der Waals surface area contributed by atoms with Crippen LogP contribution < -0.4 is 5.32 Å². The molecule has 1 aromatic heterocycles. The number of nitrogens with one attached hydrogen (secondary N) is 2. The number of sulfone groups is 1. The third-order valence-corrected chi connectivity index (χ3v) is 4.29. The summed E-state index contributed by atoms with van der Waals surface area (Å²) in [7, 11) is -3.33. The van der Waals surface area contributed by atoms with Crippen molar-refractivity contribution in [3.8, 4) is 0 Å². The minimum atomic E-state index is -3.33. The van der Waals surface area contributed by atoms with E-state index >= 15 is 0 Å². The number of carbonyl (C=O) groups excluding carboxylic acids is 1. The summed E-state index contributed by atoms with van der Waals surface area (Å²) in [6.45, 7) is 0. The van der Waals surface area contributed by atoms with E-state index < -0.39 is 15.7 Å². The number of hydrogen-bond donors (Lipinski definition) is 2. The van der Waals surface area contributed by atoms with Gasteiger partial charge < -0.3 is 10.3 Å². The van der Waals surface area contributed by atoms with Gasteiger partial charge in [-0.15, -0.1) is 0 Å². The molecule has 0 atom stereocenters. The van der Waals surface area contributed by atoms with Gasteiger partial charge in [0.2, 0.25) is 0 Å². The number of anilines is 1. The molecule has 2 aromatic rings. The van der Waals surface area contributed by atoms with E-state index in [1.54, 1.807) is 12.1 Å². The highest BCUT2D eigenvalue weighted by atomic mass is 35.5. The maximum absolute atomic E-state index is 11.9. The van der Waals surface area contributed by atoms with Gasteiger partial charge in [-0.1, -0.05) is 29.3 Å². The molecule has 1 amide bonds. The number of H-pyrrole nitrogens is 1. The van der Waals surface area contributed by atoms with Gasteiger partial charge >= 0.3 is 0 Å². The topological polar surface area (TPSA) is 79.0 Å². The zero-order valence-electron chi connectivity index (χ0n) is 10.3. The van der Waals surface area contributed by atoms with E-state index in [9.17, 15) is 13.2 Å². The number of halogens is 2. The van der Waals surface area contributed by atoms with E-state index in [0.717, 1.165) is 6.26 Å². The predicted molar refractivity (Wildman–Crippen MR) is 78.3 cm³/mol. The van der Waals surface area contributed by atoms with Crippen molar-refractivity contribution in [2.45, 2.75) is 4.90 Å². The van der Waals surface area contributed by atoms with Crippen molar-refractivity contribution >= 4 is 44.6 Å². The van der Waals surface area contributed by atoms with Crippen molar-refractivity contribution in [1.29, 1.82) is 0 Å². The van der Waals surface area contributed by atoms with Crippen LogP contribution in [0.4, 0.5) is 5.69 Å². The summed E-state index contributed by atoms with van der Waals surface area (Å²) >= 11 is 11.5. The quantitative estimate of drug-likeness (QED) is 0.906. The number of hydrogen-bond acceptors (Lipinski definition) is 3. The van der Waals surface area contributed by atoms with E-state index in [1.807, 2.05) is 0 Å². The fourth-order valence-corrected chi connectivity index (χ4v) is 2.51. The van der Waals surface area contributed by atoms with E-state index in [0.29, 0.717) is 5.69 Å². The van der Waals surface area contributed by atoms with Gasteiger partial charge in [-0.25, -0.2) is 8.42 Å². The highest BCUT2D eigenvalue weighted by Crippen LogP contribution is 2.23. The van der Waals surface area contributed by atoms with E-state index in [4.69, 9.17) is 23.2 Å². The van der Waals surface area contributed by atoms with Crippen LogP contribution in [0.25, 0.3) is 0 Å². The molecule has 1 heterocycles. The van der Waals surface area contributed by atoms with Gasteiger partial charge in [-0.2, -0.15) is 0 Å². The second-order valence-electron chi connectivity index (χ2n) is 4.10. The molecule has 0 saturated carbocycles. The maximum Gasteiger partial charge on any atom is 0.272 e. The molecule has 0 fully saturated rings. The molecular formula is C12H10Cl2N2O3S. The second-order valence-corrected chi connectivity index (χ2v) is 6.90. The molecule has 20 heavy (non-hydrogen) atoms. The Kier molecular flexibility index (Phi) is 4.08. The smallest absolute Gasteiger partial charge is 0.272 e. The van der Waals surface area contributed by atoms with Gasteiger partial charge in [0.15, 0.2) is 9.84 Å².